The average molecular weight is 276 g/mol. The van der Waals surface area contributed by atoms with E-state index in [4.69, 9.17) is 0 Å². The van der Waals surface area contributed by atoms with E-state index in [0.29, 0.717) is 5.92 Å². The normalized spacial score (nSPS) is 18.8. The number of aliphatic hydroxyl groups is 1. The zero-order valence-electron chi connectivity index (χ0n) is 12.2. The predicted molar refractivity (Wildman–Crippen MR) is 86.1 cm³/mol. The lowest BCUT2D eigenvalue weighted by Crippen LogP contribution is -2.22. The van der Waals surface area contributed by atoms with Crippen LogP contribution in [0, 0.1) is 10.4 Å². The molecule has 1 heteroatoms. The molecule has 0 aliphatic heterocycles. The molecule has 0 saturated carbocycles. The van der Waals surface area contributed by atoms with Crippen LogP contribution in [-0.4, -0.2) is 11.7 Å². The summed E-state index contributed by atoms with van der Waals surface area (Å²) in [6.07, 6.45) is 9.15. The van der Waals surface area contributed by atoms with Gasteiger partial charge in [-0.1, -0.05) is 48.6 Å². The molecule has 0 amide bonds. The Labute approximate surface area is 124 Å². The van der Waals surface area contributed by atoms with Gasteiger partial charge in [-0.15, -0.1) is 0 Å². The topological polar surface area (TPSA) is 20.2 Å². The van der Waals surface area contributed by atoms with E-state index in [9.17, 15) is 5.11 Å². The maximum Gasteiger partial charge on any atom is 0.0439 e. The van der Waals surface area contributed by atoms with Gasteiger partial charge >= 0.3 is 0 Å². The highest BCUT2D eigenvalue weighted by atomic mass is 16.3. The molecule has 1 nitrogen and oxygen atoms in total. The number of rotatable bonds is 2. The molecule has 0 radical (unpaired) electrons. The lowest BCUT2D eigenvalue weighted by atomic mass is 9.82. The number of benzene rings is 2. The number of hydrogen-bond donors (Lipinski definition) is 1. The van der Waals surface area contributed by atoms with Crippen molar-refractivity contribution >= 4 is 12.2 Å². The lowest BCUT2D eigenvalue weighted by molar-refractivity contribution is 0.284. The number of fused-ring (bicyclic) bond motifs is 4. The van der Waals surface area contributed by atoms with E-state index in [1.807, 2.05) is 0 Å². The van der Waals surface area contributed by atoms with Crippen LogP contribution in [0.25, 0.3) is 12.2 Å². The Hall–Kier alpha value is -1.86. The van der Waals surface area contributed by atoms with Crippen LogP contribution in [0.2, 0.25) is 0 Å². The predicted octanol–water partition coefficient (Wildman–Crippen LogP) is 2.35. The van der Waals surface area contributed by atoms with E-state index in [0.717, 1.165) is 6.42 Å². The largest absolute Gasteiger partial charge is 0.396 e. The van der Waals surface area contributed by atoms with E-state index >= 15 is 0 Å². The molecule has 0 heterocycles. The first-order valence-corrected chi connectivity index (χ1v) is 7.92. The van der Waals surface area contributed by atoms with Crippen molar-refractivity contribution in [3.63, 3.8) is 0 Å². The summed E-state index contributed by atoms with van der Waals surface area (Å²) < 4.78 is 0. The minimum absolute atomic E-state index is 0.246. The highest BCUT2D eigenvalue weighted by Crippen LogP contribution is 2.28. The van der Waals surface area contributed by atoms with Gasteiger partial charge in [0.15, 0.2) is 0 Å². The first-order valence-electron chi connectivity index (χ1n) is 7.92. The molecule has 0 spiro atoms. The summed E-state index contributed by atoms with van der Waals surface area (Å²) in [5, 5.41) is 14.9. The van der Waals surface area contributed by atoms with Gasteiger partial charge in [0, 0.05) is 12.5 Å². The van der Waals surface area contributed by atoms with Crippen LogP contribution >= 0.6 is 0 Å². The summed E-state index contributed by atoms with van der Waals surface area (Å²) in [6, 6.07) is 13.2. The molecule has 2 aromatic rings. The molecule has 1 unspecified atom stereocenters. The monoisotopic (exact) mass is 276 g/mol. The number of hydrogen-bond acceptors (Lipinski definition) is 1. The van der Waals surface area contributed by atoms with Crippen molar-refractivity contribution < 1.29 is 5.11 Å². The maximum atomic E-state index is 9.47. The van der Waals surface area contributed by atoms with Gasteiger partial charge in [-0.2, -0.15) is 0 Å². The molecule has 2 aliphatic carbocycles. The third kappa shape index (κ3) is 2.04. The fourth-order valence-corrected chi connectivity index (χ4v) is 3.90. The Morgan fingerprint density at radius 3 is 2.81 bits per heavy atom. The highest BCUT2D eigenvalue weighted by molar-refractivity contribution is 5.51. The van der Waals surface area contributed by atoms with E-state index in [-0.39, 0.29) is 6.61 Å². The highest BCUT2D eigenvalue weighted by Gasteiger charge is 2.19. The summed E-state index contributed by atoms with van der Waals surface area (Å²) in [5.41, 5.74) is 2.99. The van der Waals surface area contributed by atoms with Gasteiger partial charge in [0.05, 0.1) is 0 Å². The van der Waals surface area contributed by atoms with Crippen LogP contribution in [0.5, 0.6) is 0 Å². The average Bonchev–Trinajstić information content (AvgIpc) is 2.54. The van der Waals surface area contributed by atoms with Crippen LogP contribution in [0.15, 0.2) is 36.4 Å². The second-order valence-corrected chi connectivity index (χ2v) is 6.06. The molecule has 0 bridgehead atoms. The van der Waals surface area contributed by atoms with Crippen molar-refractivity contribution in [1.29, 1.82) is 0 Å². The Kier molecular flexibility index (Phi) is 3.16. The first-order chi connectivity index (χ1) is 10.4. The Morgan fingerprint density at radius 2 is 1.90 bits per heavy atom. The molecular formula is C20H20O. The van der Waals surface area contributed by atoms with Gasteiger partial charge < -0.3 is 5.11 Å². The zero-order valence-corrected chi connectivity index (χ0v) is 12.2. The van der Waals surface area contributed by atoms with E-state index in [1.165, 1.54) is 51.3 Å². The Morgan fingerprint density at radius 1 is 1.00 bits per heavy atom. The summed E-state index contributed by atoms with van der Waals surface area (Å²) in [5.74, 6) is 0.348. The van der Waals surface area contributed by atoms with Crippen LogP contribution in [-0.2, 0) is 6.42 Å². The standard InChI is InChI=1S/C20H20O/c21-12-11-16-13-15-6-2-3-7-17(15)19-10-9-14-5-1-4-8-18(14)20(16)19/h2-3,5-7,9-10,13,16,21H,1,4,8,11-12H2. The van der Waals surface area contributed by atoms with Crippen molar-refractivity contribution in [3.05, 3.63) is 68.4 Å². The second kappa shape index (κ2) is 5.16. The van der Waals surface area contributed by atoms with Gasteiger partial charge in [0.25, 0.3) is 0 Å². The molecular weight excluding hydrogens is 256 g/mol. The van der Waals surface area contributed by atoms with Crippen LogP contribution in [0.3, 0.4) is 0 Å². The number of aliphatic hydroxyl groups excluding tert-OH is 1. The van der Waals surface area contributed by atoms with E-state index in [2.05, 4.69) is 48.6 Å². The Balaban J connectivity index is 2.17. The summed E-state index contributed by atoms with van der Waals surface area (Å²) >= 11 is 0. The molecule has 4 rings (SSSR count). The van der Waals surface area contributed by atoms with Crippen LogP contribution in [0.1, 0.15) is 36.3 Å². The SMILES string of the molecule is OCCC1C=c2ccccc2=c2ccc3c(c21)CCCC=3. The quantitative estimate of drug-likeness (QED) is 0.893. The Bertz CT molecular complexity index is 892. The molecule has 0 saturated heterocycles. The molecule has 106 valence electrons. The van der Waals surface area contributed by atoms with E-state index < -0.39 is 0 Å². The fourth-order valence-electron chi connectivity index (χ4n) is 3.90. The van der Waals surface area contributed by atoms with Crippen molar-refractivity contribution in [3.8, 4) is 0 Å². The first kappa shape index (κ1) is 12.8. The van der Waals surface area contributed by atoms with Crippen molar-refractivity contribution in [2.75, 3.05) is 6.61 Å². The van der Waals surface area contributed by atoms with Crippen LogP contribution in [0.4, 0.5) is 0 Å². The molecule has 1 atom stereocenters. The molecule has 2 aliphatic rings. The van der Waals surface area contributed by atoms with Gasteiger partial charge in [-0.05, 0) is 57.7 Å². The third-order valence-electron chi connectivity index (χ3n) is 4.83. The smallest absolute Gasteiger partial charge is 0.0439 e. The third-order valence-corrected chi connectivity index (χ3v) is 4.83. The minimum Gasteiger partial charge on any atom is -0.396 e. The van der Waals surface area contributed by atoms with Crippen molar-refractivity contribution in [1.82, 2.24) is 0 Å². The molecule has 21 heavy (non-hydrogen) atoms. The summed E-state index contributed by atoms with van der Waals surface area (Å²) in [6.45, 7) is 0.246. The van der Waals surface area contributed by atoms with Crippen molar-refractivity contribution in [2.45, 2.75) is 31.6 Å². The van der Waals surface area contributed by atoms with Crippen LogP contribution < -0.4 is 10.4 Å². The zero-order chi connectivity index (χ0) is 14.2. The van der Waals surface area contributed by atoms with Gasteiger partial charge in [0.1, 0.15) is 0 Å². The second-order valence-electron chi connectivity index (χ2n) is 6.06. The van der Waals surface area contributed by atoms with Gasteiger partial charge in [0.2, 0.25) is 0 Å². The van der Waals surface area contributed by atoms with E-state index in [1.54, 1.807) is 0 Å². The fraction of sp³-hybridized carbons (Fsp3) is 0.300. The maximum absolute atomic E-state index is 9.47. The molecule has 1 N–H and O–H groups in total. The van der Waals surface area contributed by atoms with Gasteiger partial charge in [-0.25, -0.2) is 0 Å². The minimum atomic E-state index is 0.246. The lowest BCUT2D eigenvalue weighted by Gasteiger charge is -2.23. The molecule has 2 aromatic carbocycles. The molecule has 0 fully saturated rings. The summed E-state index contributed by atoms with van der Waals surface area (Å²) in [4.78, 5) is 0. The molecule has 0 aromatic heterocycles. The summed E-state index contributed by atoms with van der Waals surface area (Å²) in [7, 11) is 0. The van der Waals surface area contributed by atoms with Crippen molar-refractivity contribution in [2.24, 2.45) is 0 Å². The van der Waals surface area contributed by atoms with Gasteiger partial charge in [-0.3, -0.25) is 0 Å².